The minimum atomic E-state index is 0.150. The Labute approximate surface area is 98.6 Å². The molecular formula is C13H24N2O. The summed E-state index contributed by atoms with van der Waals surface area (Å²) in [7, 11) is 0. The number of nitrogens with zero attached hydrogens (tertiary/aromatic N) is 1. The van der Waals surface area contributed by atoms with Crippen LogP contribution in [0.4, 0.5) is 0 Å². The fourth-order valence-corrected chi connectivity index (χ4v) is 2.49. The first-order valence-electron chi connectivity index (χ1n) is 6.69. The normalized spacial score (nSPS) is 25.8. The summed E-state index contributed by atoms with van der Waals surface area (Å²) in [5.74, 6) is 1.18. The number of hydrogen-bond acceptors (Lipinski definition) is 2. The average Bonchev–Trinajstić information content (AvgIpc) is 3.10. The van der Waals surface area contributed by atoms with Crippen molar-refractivity contribution in [3.63, 3.8) is 0 Å². The van der Waals surface area contributed by atoms with Crippen LogP contribution in [-0.4, -0.2) is 36.5 Å². The molecule has 0 aromatic heterocycles. The van der Waals surface area contributed by atoms with E-state index in [1.807, 2.05) is 13.8 Å². The van der Waals surface area contributed by atoms with E-state index in [4.69, 9.17) is 0 Å². The van der Waals surface area contributed by atoms with Crippen molar-refractivity contribution in [2.75, 3.05) is 19.6 Å². The number of hydrogen-bond donors (Lipinski definition) is 1. The van der Waals surface area contributed by atoms with Gasteiger partial charge >= 0.3 is 0 Å². The van der Waals surface area contributed by atoms with E-state index in [0.29, 0.717) is 17.9 Å². The van der Waals surface area contributed by atoms with E-state index in [-0.39, 0.29) is 5.92 Å². The molecule has 2 rings (SSSR count). The van der Waals surface area contributed by atoms with E-state index in [0.717, 1.165) is 19.6 Å². The topological polar surface area (TPSA) is 32.3 Å². The van der Waals surface area contributed by atoms with Crippen LogP contribution in [0, 0.1) is 11.8 Å². The molecule has 0 radical (unpaired) electrons. The molecule has 1 unspecified atom stereocenters. The lowest BCUT2D eigenvalue weighted by Crippen LogP contribution is -2.43. The Balaban J connectivity index is 1.89. The van der Waals surface area contributed by atoms with Gasteiger partial charge in [-0.05, 0) is 44.7 Å². The van der Waals surface area contributed by atoms with Crippen molar-refractivity contribution in [3.05, 3.63) is 0 Å². The Hall–Kier alpha value is -0.570. The van der Waals surface area contributed by atoms with Crippen LogP contribution in [-0.2, 0) is 4.79 Å². The molecule has 16 heavy (non-hydrogen) atoms. The average molecular weight is 224 g/mol. The fraction of sp³-hybridized carbons (Fsp3) is 0.923. The zero-order chi connectivity index (χ0) is 11.5. The van der Waals surface area contributed by atoms with Crippen molar-refractivity contribution in [1.82, 2.24) is 10.2 Å². The minimum absolute atomic E-state index is 0.150. The summed E-state index contributed by atoms with van der Waals surface area (Å²) >= 11 is 0. The summed E-state index contributed by atoms with van der Waals surface area (Å²) in [4.78, 5) is 14.3. The van der Waals surface area contributed by atoms with Crippen molar-refractivity contribution in [3.8, 4) is 0 Å². The van der Waals surface area contributed by atoms with Gasteiger partial charge in [-0.1, -0.05) is 13.8 Å². The van der Waals surface area contributed by atoms with Crippen LogP contribution in [0.15, 0.2) is 0 Å². The first-order chi connectivity index (χ1) is 7.68. The third-order valence-electron chi connectivity index (χ3n) is 3.62. The maximum Gasteiger partial charge on any atom is 0.225 e. The molecule has 1 aliphatic heterocycles. The molecule has 3 nitrogen and oxygen atoms in total. The van der Waals surface area contributed by atoms with Gasteiger partial charge in [-0.15, -0.1) is 0 Å². The Morgan fingerprint density at radius 3 is 2.62 bits per heavy atom. The quantitative estimate of drug-likeness (QED) is 0.787. The Morgan fingerprint density at radius 1 is 1.38 bits per heavy atom. The SMILES string of the molecule is CC(C)C(=O)N(CC1CCCNC1)C1CC1. The van der Waals surface area contributed by atoms with Crippen molar-refractivity contribution >= 4 is 5.91 Å². The molecule has 1 heterocycles. The molecule has 1 amide bonds. The molecule has 2 fully saturated rings. The van der Waals surface area contributed by atoms with Crippen LogP contribution in [0.1, 0.15) is 39.5 Å². The Kier molecular flexibility index (Phi) is 3.85. The maximum absolute atomic E-state index is 12.1. The van der Waals surface area contributed by atoms with Gasteiger partial charge in [-0.3, -0.25) is 4.79 Å². The standard InChI is InChI=1S/C13H24N2O/c1-10(2)13(16)15(12-5-6-12)9-11-4-3-7-14-8-11/h10-12,14H,3-9H2,1-2H3. The maximum atomic E-state index is 12.1. The van der Waals surface area contributed by atoms with Gasteiger partial charge in [0.1, 0.15) is 0 Å². The highest BCUT2D eigenvalue weighted by Gasteiger charge is 2.34. The van der Waals surface area contributed by atoms with Crippen LogP contribution in [0.5, 0.6) is 0 Å². The summed E-state index contributed by atoms with van der Waals surface area (Å²) in [6.07, 6.45) is 4.98. The molecule has 0 aromatic rings. The van der Waals surface area contributed by atoms with E-state index >= 15 is 0 Å². The highest BCUT2D eigenvalue weighted by molar-refractivity contribution is 5.78. The van der Waals surface area contributed by atoms with Crippen molar-refractivity contribution in [1.29, 1.82) is 0 Å². The second kappa shape index (κ2) is 5.17. The largest absolute Gasteiger partial charge is 0.339 e. The van der Waals surface area contributed by atoms with Crippen molar-refractivity contribution in [2.24, 2.45) is 11.8 Å². The van der Waals surface area contributed by atoms with Crippen LogP contribution < -0.4 is 5.32 Å². The second-order valence-corrected chi connectivity index (χ2v) is 5.59. The number of rotatable bonds is 4. The first-order valence-corrected chi connectivity index (χ1v) is 6.69. The number of piperidine rings is 1. The van der Waals surface area contributed by atoms with Gasteiger partial charge in [-0.25, -0.2) is 0 Å². The lowest BCUT2D eigenvalue weighted by Gasteiger charge is -2.31. The molecule has 0 spiro atoms. The number of amides is 1. The molecular weight excluding hydrogens is 200 g/mol. The first kappa shape index (κ1) is 11.9. The molecule has 1 atom stereocenters. The number of carbonyl (C=O) groups is 1. The molecule has 2 aliphatic rings. The minimum Gasteiger partial charge on any atom is -0.339 e. The third-order valence-corrected chi connectivity index (χ3v) is 3.62. The van der Waals surface area contributed by atoms with E-state index in [9.17, 15) is 4.79 Å². The van der Waals surface area contributed by atoms with Crippen LogP contribution in [0.3, 0.4) is 0 Å². The van der Waals surface area contributed by atoms with Gasteiger partial charge in [0.05, 0.1) is 0 Å². The molecule has 1 saturated carbocycles. The van der Waals surface area contributed by atoms with Gasteiger partial charge in [0.15, 0.2) is 0 Å². The van der Waals surface area contributed by atoms with E-state index in [2.05, 4.69) is 10.2 Å². The summed E-state index contributed by atoms with van der Waals surface area (Å²) in [5.41, 5.74) is 0. The Bertz CT molecular complexity index is 242. The predicted octanol–water partition coefficient (Wildman–Crippen LogP) is 1.63. The van der Waals surface area contributed by atoms with Gasteiger partial charge in [0.2, 0.25) is 5.91 Å². The summed E-state index contributed by atoms with van der Waals surface area (Å²) in [6.45, 7) is 7.25. The smallest absolute Gasteiger partial charge is 0.225 e. The lowest BCUT2D eigenvalue weighted by atomic mass is 9.98. The zero-order valence-corrected chi connectivity index (χ0v) is 10.5. The molecule has 1 saturated heterocycles. The number of nitrogens with one attached hydrogen (secondary N) is 1. The van der Waals surface area contributed by atoms with Crippen molar-refractivity contribution < 1.29 is 4.79 Å². The van der Waals surface area contributed by atoms with E-state index < -0.39 is 0 Å². The highest BCUT2D eigenvalue weighted by atomic mass is 16.2. The third kappa shape index (κ3) is 2.97. The second-order valence-electron chi connectivity index (χ2n) is 5.59. The Morgan fingerprint density at radius 2 is 2.12 bits per heavy atom. The molecule has 1 aliphatic carbocycles. The molecule has 0 aromatic carbocycles. The molecule has 1 N–H and O–H groups in total. The lowest BCUT2D eigenvalue weighted by molar-refractivity contribution is -0.135. The van der Waals surface area contributed by atoms with Crippen LogP contribution >= 0.6 is 0 Å². The van der Waals surface area contributed by atoms with E-state index in [1.54, 1.807) is 0 Å². The van der Waals surface area contributed by atoms with Gasteiger partial charge in [0.25, 0.3) is 0 Å². The van der Waals surface area contributed by atoms with Crippen molar-refractivity contribution in [2.45, 2.75) is 45.6 Å². The zero-order valence-electron chi connectivity index (χ0n) is 10.5. The van der Waals surface area contributed by atoms with Crippen LogP contribution in [0.25, 0.3) is 0 Å². The highest BCUT2D eigenvalue weighted by Crippen LogP contribution is 2.29. The molecule has 92 valence electrons. The van der Waals surface area contributed by atoms with E-state index in [1.165, 1.54) is 25.7 Å². The monoisotopic (exact) mass is 224 g/mol. The molecule has 0 bridgehead atoms. The predicted molar refractivity (Wildman–Crippen MR) is 65.2 cm³/mol. The summed E-state index contributed by atoms with van der Waals surface area (Å²) in [6, 6.07) is 0.567. The fourth-order valence-electron chi connectivity index (χ4n) is 2.49. The van der Waals surface area contributed by atoms with Gasteiger partial charge in [-0.2, -0.15) is 0 Å². The van der Waals surface area contributed by atoms with Crippen LogP contribution in [0.2, 0.25) is 0 Å². The summed E-state index contributed by atoms with van der Waals surface area (Å²) < 4.78 is 0. The summed E-state index contributed by atoms with van der Waals surface area (Å²) in [5, 5.41) is 3.43. The number of carbonyl (C=O) groups excluding carboxylic acids is 1. The van der Waals surface area contributed by atoms with Gasteiger partial charge in [0, 0.05) is 18.5 Å². The van der Waals surface area contributed by atoms with Gasteiger partial charge < -0.3 is 10.2 Å². The molecule has 3 heteroatoms.